The van der Waals surface area contributed by atoms with Gasteiger partial charge in [0.2, 0.25) is 0 Å². The fourth-order valence-corrected chi connectivity index (χ4v) is 2.39. The van der Waals surface area contributed by atoms with E-state index in [2.05, 4.69) is 20.7 Å². The number of H-pyrrole nitrogens is 1. The minimum absolute atomic E-state index is 0.325. The Kier molecular flexibility index (Phi) is 5.84. The molecule has 0 aliphatic carbocycles. The molecule has 3 aromatic rings. The zero-order chi connectivity index (χ0) is 19.1. The largest absolute Gasteiger partial charge is 0.497 e. The highest BCUT2D eigenvalue weighted by molar-refractivity contribution is 5.94. The third kappa shape index (κ3) is 4.72. The monoisotopic (exact) mass is 364 g/mol. The number of rotatable bonds is 7. The van der Waals surface area contributed by atoms with Crippen LogP contribution in [0.1, 0.15) is 23.0 Å². The van der Waals surface area contributed by atoms with Crippen molar-refractivity contribution in [1.29, 1.82) is 0 Å². The van der Waals surface area contributed by atoms with Gasteiger partial charge in [0.05, 0.1) is 25.6 Å². The average molecular weight is 364 g/mol. The Bertz CT molecular complexity index is 915. The predicted molar refractivity (Wildman–Crippen MR) is 103 cm³/mol. The zero-order valence-corrected chi connectivity index (χ0v) is 15.1. The molecule has 2 aromatic carbocycles. The van der Waals surface area contributed by atoms with E-state index >= 15 is 0 Å². The summed E-state index contributed by atoms with van der Waals surface area (Å²) in [5, 5.41) is 10.9. The van der Waals surface area contributed by atoms with E-state index in [1.54, 1.807) is 19.4 Å². The van der Waals surface area contributed by atoms with Gasteiger partial charge in [-0.3, -0.25) is 9.89 Å². The molecule has 3 rings (SSSR count). The molecule has 0 unspecified atom stereocenters. The standard InChI is InChI=1S/C20H20N4O3/c1-3-27-17-10-6-15(7-11-17)18-12-19(23-22-18)20(25)24-21-13-14-4-8-16(26-2)9-5-14/h4-13H,3H2,1-2H3,(H,22,23)(H,24,25)/b21-13+. The number of nitrogens with zero attached hydrogens (tertiary/aromatic N) is 2. The molecule has 138 valence electrons. The highest BCUT2D eigenvalue weighted by atomic mass is 16.5. The molecule has 1 aromatic heterocycles. The second-order valence-corrected chi connectivity index (χ2v) is 5.60. The Hall–Kier alpha value is -3.61. The number of carbonyl (C=O) groups excluding carboxylic acids is 1. The molecule has 0 spiro atoms. The second-order valence-electron chi connectivity index (χ2n) is 5.60. The Labute approximate surface area is 157 Å². The van der Waals surface area contributed by atoms with Gasteiger partial charge in [-0.05, 0) is 67.1 Å². The fraction of sp³-hybridized carbons (Fsp3) is 0.150. The van der Waals surface area contributed by atoms with Crippen LogP contribution < -0.4 is 14.9 Å². The van der Waals surface area contributed by atoms with Crippen LogP contribution in [-0.2, 0) is 0 Å². The van der Waals surface area contributed by atoms with E-state index in [4.69, 9.17) is 9.47 Å². The Morgan fingerprint density at radius 3 is 2.52 bits per heavy atom. The van der Waals surface area contributed by atoms with Gasteiger partial charge in [-0.25, -0.2) is 5.43 Å². The molecule has 1 amide bonds. The quantitative estimate of drug-likeness (QED) is 0.497. The first-order chi connectivity index (χ1) is 13.2. The highest BCUT2D eigenvalue weighted by Gasteiger charge is 2.10. The summed E-state index contributed by atoms with van der Waals surface area (Å²) < 4.78 is 10.5. The number of benzene rings is 2. The van der Waals surface area contributed by atoms with E-state index in [1.807, 2.05) is 55.5 Å². The average Bonchev–Trinajstić information content (AvgIpc) is 3.20. The van der Waals surface area contributed by atoms with Crippen molar-refractivity contribution in [2.45, 2.75) is 6.92 Å². The van der Waals surface area contributed by atoms with Crippen molar-refractivity contribution in [2.24, 2.45) is 5.10 Å². The topological polar surface area (TPSA) is 88.6 Å². The first kappa shape index (κ1) is 18.2. The highest BCUT2D eigenvalue weighted by Crippen LogP contribution is 2.21. The van der Waals surface area contributed by atoms with Crippen LogP contribution in [0.5, 0.6) is 11.5 Å². The maximum Gasteiger partial charge on any atom is 0.289 e. The number of hydrogen-bond donors (Lipinski definition) is 2. The SMILES string of the molecule is CCOc1ccc(-c2cc(C(=O)N/N=C/c3ccc(OC)cc3)[nH]n2)cc1. The Morgan fingerprint density at radius 1 is 1.15 bits per heavy atom. The van der Waals surface area contributed by atoms with Gasteiger partial charge in [-0.2, -0.15) is 10.2 Å². The lowest BCUT2D eigenvalue weighted by Crippen LogP contribution is -2.17. The lowest BCUT2D eigenvalue weighted by Gasteiger charge is -2.02. The van der Waals surface area contributed by atoms with Crippen LogP contribution in [0.25, 0.3) is 11.3 Å². The molecular formula is C20H20N4O3. The molecule has 27 heavy (non-hydrogen) atoms. The molecule has 0 aliphatic heterocycles. The molecule has 0 fully saturated rings. The number of amides is 1. The first-order valence-electron chi connectivity index (χ1n) is 8.45. The Balaban J connectivity index is 1.61. The maximum absolute atomic E-state index is 12.2. The molecule has 0 saturated heterocycles. The van der Waals surface area contributed by atoms with Crippen molar-refractivity contribution in [3.05, 3.63) is 65.9 Å². The van der Waals surface area contributed by atoms with Gasteiger partial charge in [0.1, 0.15) is 17.2 Å². The molecule has 0 aliphatic rings. The number of hydrazone groups is 1. The number of aromatic nitrogens is 2. The van der Waals surface area contributed by atoms with Crippen molar-refractivity contribution in [1.82, 2.24) is 15.6 Å². The summed E-state index contributed by atoms with van der Waals surface area (Å²) in [4.78, 5) is 12.2. The normalized spacial score (nSPS) is 10.7. The fourth-order valence-electron chi connectivity index (χ4n) is 2.39. The number of nitrogens with one attached hydrogen (secondary N) is 2. The molecule has 0 bridgehead atoms. The summed E-state index contributed by atoms with van der Waals surface area (Å²) in [6.07, 6.45) is 1.56. The molecule has 0 atom stereocenters. The third-order valence-electron chi connectivity index (χ3n) is 3.78. The molecule has 7 heteroatoms. The van der Waals surface area contributed by atoms with Crippen LogP contribution >= 0.6 is 0 Å². The van der Waals surface area contributed by atoms with Crippen molar-refractivity contribution in [3.63, 3.8) is 0 Å². The summed E-state index contributed by atoms with van der Waals surface area (Å²) >= 11 is 0. The number of aromatic amines is 1. The third-order valence-corrected chi connectivity index (χ3v) is 3.78. The van der Waals surface area contributed by atoms with E-state index in [0.717, 1.165) is 22.6 Å². The van der Waals surface area contributed by atoms with Crippen LogP contribution in [0, 0.1) is 0 Å². The van der Waals surface area contributed by atoms with E-state index in [-0.39, 0.29) is 5.91 Å². The number of methoxy groups -OCH3 is 1. The van der Waals surface area contributed by atoms with Crippen LogP contribution in [0.15, 0.2) is 59.7 Å². The lowest BCUT2D eigenvalue weighted by molar-refractivity contribution is 0.0950. The van der Waals surface area contributed by atoms with Gasteiger partial charge < -0.3 is 9.47 Å². The van der Waals surface area contributed by atoms with Crippen molar-refractivity contribution >= 4 is 12.1 Å². The van der Waals surface area contributed by atoms with Gasteiger partial charge in [0.25, 0.3) is 5.91 Å². The molecule has 0 radical (unpaired) electrons. The lowest BCUT2D eigenvalue weighted by atomic mass is 10.1. The first-order valence-corrected chi connectivity index (χ1v) is 8.45. The van der Waals surface area contributed by atoms with Crippen molar-refractivity contribution in [3.8, 4) is 22.8 Å². The van der Waals surface area contributed by atoms with Crippen molar-refractivity contribution < 1.29 is 14.3 Å². The van der Waals surface area contributed by atoms with Gasteiger partial charge in [0.15, 0.2) is 0 Å². The van der Waals surface area contributed by atoms with Crippen LogP contribution in [0.4, 0.5) is 0 Å². The van der Waals surface area contributed by atoms with Gasteiger partial charge in [-0.1, -0.05) is 0 Å². The summed E-state index contributed by atoms with van der Waals surface area (Å²) in [5.74, 6) is 1.18. The second kappa shape index (κ2) is 8.66. The predicted octanol–water partition coefficient (Wildman–Crippen LogP) is 3.25. The van der Waals surface area contributed by atoms with Gasteiger partial charge in [0, 0.05) is 5.56 Å². The molecule has 1 heterocycles. The number of carbonyl (C=O) groups is 1. The van der Waals surface area contributed by atoms with E-state index in [0.29, 0.717) is 18.0 Å². The number of ether oxygens (including phenoxy) is 2. The van der Waals surface area contributed by atoms with Crippen LogP contribution in [-0.4, -0.2) is 36.0 Å². The summed E-state index contributed by atoms with van der Waals surface area (Å²) in [6, 6.07) is 16.5. The Morgan fingerprint density at radius 2 is 1.85 bits per heavy atom. The summed E-state index contributed by atoms with van der Waals surface area (Å²) in [5.41, 5.74) is 5.20. The van der Waals surface area contributed by atoms with E-state index in [9.17, 15) is 4.79 Å². The maximum atomic E-state index is 12.2. The van der Waals surface area contributed by atoms with E-state index in [1.165, 1.54) is 0 Å². The summed E-state index contributed by atoms with van der Waals surface area (Å²) in [7, 11) is 1.61. The molecule has 2 N–H and O–H groups in total. The number of hydrogen-bond acceptors (Lipinski definition) is 5. The van der Waals surface area contributed by atoms with Gasteiger partial charge >= 0.3 is 0 Å². The smallest absolute Gasteiger partial charge is 0.289 e. The van der Waals surface area contributed by atoms with Crippen LogP contribution in [0.3, 0.4) is 0 Å². The molecular weight excluding hydrogens is 344 g/mol. The van der Waals surface area contributed by atoms with Crippen molar-refractivity contribution in [2.75, 3.05) is 13.7 Å². The van der Waals surface area contributed by atoms with Gasteiger partial charge in [-0.15, -0.1) is 0 Å². The minimum Gasteiger partial charge on any atom is -0.497 e. The summed E-state index contributed by atoms with van der Waals surface area (Å²) in [6.45, 7) is 2.55. The minimum atomic E-state index is -0.371. The zero-order valence-electron chi connectivity index (χ0n) is 15.1. The molecule has 0 saturated carbocycles. The van der Waals surface area contributed by atoms with E-state index < -0.39 is 0 Å². The molecule has 7 nitrogen and oxygen atoms in total. The van der Waals surface area contributed by atoms with Crippen LogP contribution in [0.2, 0.25) is 0 Å².